The molecule has 0 saturated heterocycles. The molecule has 0 aromatic rings. The largest absolute Gasteiger partial charge is 0.481 e. The van der Waals surface area contributed by atoms with E-state index in [0.717, 1.165) is 0 Å². The molecule has 0 aromatic carbocycles. The van der Waals surface area contributed by atoms with Gasteiger partial charge in [0.1, 0.15) is 0 Å². The Kier molecular flexibility index (Phi) is 6.71. The van der Waals surface area contributed by atoms with Crippen LogP contribution >= 0.6 is 0 Å². The first-order valence-corrected chi connectivity index (χ1v) is 5.54. The summed E-state index contributed by atoms with van der Waals surface area (Å²) in [6.07, 6.45) is 0.148. The van der Waals surface area contributed by atoms with E-state index >= 15 is 0 Å². The lowest BCUT2D eigenvalue weighted by molar-refractivity contribution is -0.137. The topological polar surface area (TPSA) is 93.4 Å². The van der Waals surface area contributed by atoms with Gasteiger partial charge < -0.3 is 15.3 Å². The summed E-state index contributed by atoms with van der Waals surface area (Å²) in [5, 5.41) is 19.7. The van der Waals surface area contributed by atoms with Crippen LogP contribution < -0.4 is 5.32 Å². The number of amides is 2. The fourth-order valence-corrected chi connectivity index (χ4v) is 1.37. The third kappa shape index (κ3) is 6.40. The first-order chi connectivity index (χ1) is 7.88. The maximum Gasteiger partial charge on any atom is 0.317 e. The van der Waals surface area contributed by atoms with E-state index in [-0.39, 0.29) is 24.9 Å². The molecular formula is C11H19N3O3. The molecule has 0 fully saturated rings. The van der Waals surface area contributed by atoms with Crippen LogP contribution in [0.2, 0.25) is 0 Å². The molecule has 0 bridgehead atoms. The van der Waals surface area contributed by atoms with Crippen molar-refractivity contribution in [1.29, 1.82) is 5.26 Å². The summed E-state index contributed by atoms with van der Waals surface area (Å²) in [4.78, 5) is 23.8. The minimum Gasteiger partial charge on any atom is -0.481 e. The molecule has 1 unspecified atom stereocenters. The fraction of sp³-hybridized carbons (Fsp3) is 0.727. The molecule has 0 radical (unpaired) electrons. The standard InChI is InChI=1S/C11H19N3O3/c1-8(2)14(6-4-5-12)11(17)13-9(3)7-10(15)16/h8-9H,4,6-7H2,1-3H3,(H,13,17)(H,15,16). The van der Waals surface area contributed by atoms with Gasteiger partial charge in [0.25, 0.3) is 0 Å². The van der Waals surface area contributed by atoms with Crippen LogP contribution in [0.5, 0.6) is 0 Å². The highest BCUT2D eigenvalue weighted by Crippen LogP contribution is 2.02. The van der Waals surface area contributed by atoms with Gasteiger partial charge in [0.05, 0.1) is 18.9 Å². The first kappa shape index (κ1) is 15.2. The number of hydrogen-bond acceptors (Lipinski definition) is 3. The van der Waals surface area contributed by atoms with Gasteiger partial charge >= 0.3 is 12.0 Å². The molecular weight excluding hydrogens is 222 g/mol. The molecule has 0 aliphatic carbocycles. The average Bonchev–Trinajstić information content (AvgIpc) is 2.15. The van der Waals surface area contributed by atoms with Gasteiger partial charge in [-0.15, -0.1) is 0 Å². The van der Waals surface area contributed by atoms with Crippen LogP contribution in [-0.4, -0.2) is 40.6 Å². The second-order valence-electron chi connectivity index (χ2n) is 4.14. The van der Waals surface area contributed by atoms with Crippen LogP contribution in [0.4, 0.5) is 4.79 Å². The number of urea groups is 1. The van der Waals surface area contributed by atoms with Crippen molar-refractivity contribution in [2.24, 2.45) is 0 Å². The van der Waals surface area contributed by atoms with Crippen molar-refractivity contribution in [3.63, 3.8) is 0 Å². The Labute approximate surface area is 101 Å². The number of hydrogen-bond donors (Lipinski definition) is 2. The van der Waals surface area contributed by atoms with Crippen LogP contribution in [0.1, 0.15) is 33.6 Å². The van der Waals surface area contributed by atoms with E-state index in [1.807, 2.05) is 19.9 Å². The van der Waals surface area contributed by atoms with E-state index in [1.165, 1.54) is 4.90 Å². The second-order valence-corrected chi connectivity index (χ2v) is 4.14. The van der Waals surface area contributed by atoms with E-state index in [4.69, 9.17) is 10.4 Å². The smallest absolute Gasteiger partial charge is 0.317 e. The Morgan fingerprint density at radius 2 is 2.00 bits per heavy atom. The minimum absolute atomic E-state index is 0.0274. The number of nitrogens with zero attached hydrogens (tertiary/aromatic N) is 2. The molecule has 0 spiro atoms. The number of carboxylic acids is 1. The summed E-state index contributed by atoms with van der Waals surface area (Å²) in [6.45, 7) is 5.67. The summed E-state index contributed by atoms with van der Waals surface area (Å²) in [7, 11) is 0. The van der Waals surface area contributed by atoms with Gasteiger partial charge in [-0.05, 0) is 20.8 Å². The molecule has 0 aromatic heterocycles. The van der Waals surface area contributed by atoms with Gasteiger partial charge in [0.15, 0.2) is 0 Å². The lowest BCUT2D eigenvalue weighted by Gasteiger charge is -2.27. The number of nitriles is 1. The van der Waals surface area contributed by atoms with Gasteiger partial charge in [0.2, 0.25) is 0 Å². The van der Waals surface area contributed by atoms with Crippen molar-refractivity contribution in [2.75, 3.05) is 6.54 Å². The quantitative estimate of drug-likeness (QED) is 0.730. The second kappa shape index (κ2) is 7.49. The van der Waals surface area contributed by atoms with Gasteiger partial charge in [-0.2, -0.15) is 5.26 Å². The predicted molar refractivity (Wildman–Crippen MR) is 62.3 cm³/mol. The summed E-state index contributed by atoms with van der Waals surface area (Å²) in [5.74, 6) is -0.953. The Balaban J connectivity index is 4.32. The number of aliphatic carboxylic acids is 1. The molecule has 0 heterocycles. The van der Waals surface area contributed by atoms with Crippen LogP contribution in [0, 0.1) is 11.3 Å². The maximum atomic E-state index is 11.8. The number of carbonyl (C=O) groups excluding carboxylic acids is 1. The molecule has 0 aliphatic rings. The van der Waals surface area contributed by atoms with Crippen LogP contribution in [0.3, 0.4) is 0 Å². The van der Waals surface area contributed by atoms with Gasteiger partial charge in [-0.3, -0.25) is 4.79 Å². The highest BCUT2D eigenvalue weighted by Gasteiger charge is 2.19. The maximum absolute atomic E-state index is 11.8. The van der Waals surface area contributed by atoms with E-state index in [9.17, 15) is 9.59 Å². The van der Waals surface area contributed by atoms with Gasteiger partial charge in [-0.25, -0.2) is 4.79 Å². The average molecular weight is 241 g/mol. The molecule has 17 heavy (non-hydrogen) atoms. The molecule has 2 amide bonds. The van der Waals surface area contributed by atoms with E-state index in [1.54, 1.807) is 6.92 Å². The van der Waals surface area contributed by atoms with E-state index in [0.29, 0.717) is 6.54 Å². The normalized spacial score (nSPS) is 11.7. The molecule has 6 nitrogen and oxygen atoms in total. The number of nitrogens with one attached hydrogen (secondary N) is 1. The molecule has 2 N–H and O–H groups in total. The highest BCUT2D eigenvalue weighted by atomic mass is 16.4. The third-order valence-electron chi connectivity index (χ3n) is 2.20. The number of carbonyl (C=O) groups is 2. The number of rotatable bonds is 6. The summed E-state index contributed by atoms with van der Waals surface area (Å²) in [5.41, 5.74) is 0. The van der Waals surface area contributed by atoms with Gasteiger partial charge in [0, 0.05) is 18.6 Å². The van der Waals surface area contributed by atoms with Crippen molar-refractivity contribution in [2.45, 2.75) is 45.7 Å². The lowest BCUT2D eigenvalue weighted by atomic mass is 10.2. The van der Waals surface area contributed by atoms with Crippen molar-refractivity contribution >= 4 is 12.0 Å². The van der Waals surface area contributed by atoms with Crippen LogP contribution in [-0.2, 0) is 4.79 Å². The van der Waals surface area contributed by atoms with E-state index < -0.39 is 12.0 Å². The first-order valence-electron chi connectivity index (χ1n) is 5.54. The monoisotopic (exact) mass is 241 g/mol. The van der Waals surface area contributed by atoms with Crippen molar-refractivity contribution in [1.82, 2.24) is 10.2 Å². The fourth-order valence-electron chi connectivity index (χ4n) is 1.37. The molecule has 0 rings (SSSR count). The third-order valence-corrected chi connectivity index (χ3v) is 2.20. The van der Waals surface area contributed by atoms with Crippen LogP contribution in [0.15, 0.2) is 0 Å². The van der Waals surface area contributed by atoms with Crippen molar-refractivity contribution in [3.05, 3.63) is 0 Å². The highest BCUT2D eigenvalue weighted by molar-refractivity contribution is 5.76. The minimum atomic E-state index is -0.953. The van der Waals surface area contributed by atoms with Crippen LogP contribution in [0.25, 0.3) is 0 Å². The molecule has 6 heteroatoms. The van der Waals surface area contributed by atoms with Gasteiger partial charge in [-0.1, -0.05) is 0 Å². The zero-order valence-electron chi connectivity index (χ0n) is 10.4. The zero-order chi connectivity index (χ0) is 13.4. The molecule has 0 aliphatic heterocycles. The SMILES string of the molecule is CC(CC(=O)O)NC(=O)N(CCC#N)C(C)C. The van der Waals surface area contributed by atoms with Crippen molar-refractivity contribution in [3.8, 4) is 6.07 Å². The lowest BCUT2D eigenvalue weighted by Crippen LogP contribution is -2.47. The molecule has 0 saturated carbocycles. The Hall–Kier alpha value is -1.77. The Bertz CT molecular complexity index is 310. The molecule has 1 atom stereocenters. The number of carboxylic acid groups (broad SMARTS) is 1. The van der Waals surface area contributed by atoms with Crippen molar-refractivity contribution < 1.29 is 14.7 Å². The predicted octanol–water partition coefficient (Wildman–Crippen LogP) is 1.18. The van der Waals surface area contributed by atoms with E-state index in [2.05, 4.69) is 5.32 Å². The Morgan fingerprint density at radius 1 is 1.41 bits per heavy atom. The summed E-state index contributed by atoms with van der Waals surface area (Å²) >= 11 is 0. The zero-order valence-corrected chi connectivity index (χ0v) is 10.4. The summed E-state index contributed by atoms with van der Waals surface area (Å²) < 4.78 is 0. The summed E-state index contributed by atoms with van der Waals surface area (Å²) in [6, 6.07) is 1.19. The molecule has 96 valence electrons. The Morgan fingerprint density at radius 3 is 2.41 bits per heavy atom.